The maximum absolute atomic E-state index is 13.2. The zero-order valence-electron chi connectivity index (χ0n) is 18.3. The molecular weight excluding hydrogens is 422 g/mol. The molecule has 1 N–H and O–H groups in total. The first kappa shape index (κ1) is 21.8. The van der Waals surface area contributed by atoms with Crippen LogP contribution < -0.4 is 4.90 Å². The van der Waals surface area contributed by atoms with Crippen molar-refractivity contribution < 1.29 is 24.3 Å². The third kappa shape index (κ3) is 3.71. The van der Waals surface area contributed by atoms with Crippen LogP contribution in [0.15, 0.2) is 66.2 Å². The van der Waals surface area contributed by atoms with Crippen molar-refractivity contribution in [1.29, 1.82) is 0 Å². The number of carbonyl (C=O) groups is 4. The quantitative estimate of drug-likeness (QED) is 0.488. The number of aryl methyl sites for hydroxylation is 1. The number of carbonyl (C=O) groups excluding carboxylic acids is 3. The predicted octanol–water partition coefficient (Wildman–Crippen LogP) is 3.80. The maximum atomic E-state index is 13.2. The number of hydrogen-bond donors (Lipinski definition) is 1. The molecule has 0 bridgehead atoms. The van der Waals surface area contributed by atoms with Crippen molar-refractivity contribution in [2.24, 2.45) is 0 Å². The van der Waals surface area contributed by atoms with Gasteiger partial charge in [-0.2, -0.15) is 0 Å². The molecule has 2 aromatic carbocycles. The van der Waals surface area contributed by atoms with Gasteiger partial charge in [0.2, 0.25) is 0 Å². The van der Waals surface area contributed by atoms with E-state index in [1.54, 1.807) is 54.6 Å². The minimum absolute atomic E-state index is 0.138. The van der Waals surface area contributed by atoms with Crippen molar-refractivity contribution in [3.63, 3.8) is 0 Å². The molecular formula is C25H21N3O5. The number of imide groups is 2. The first-order valence-electron chi connectivity index (χ1n) is 10.2. The van der Waals surface area contributed by atoms with E-state index in [1.165, 1.54) is 19.2 Å². The van der Waals surface area contributed by atoms with Gasteiger partial charge in [-0.25, -0.2) is 14.5 Å². The standard InChI is InChI=1S/C25H21N3O5/c1-15-12-18(16(2)27(15)20-11-7-8-17(13-20)24(31)32)14-21-22(29)26(3)25(33)28(23(21)30)19-9-5-4-6-10-19/h4-14H,1-3H3,(H,31,32)/b21-14+. The molecule has 1 aliphatic heterocycles. The van der Waals surface area contributed by atoms with Crippen LogP contribution in [0, 0.1) is 13.8 Å². The summed E-state index contributed by atoms with van der Waals surface area (Å²) in [6.07, 6.45) is 1.48. The molecule has 4 amide bonds. The van der Waals surface area contributed by atoms with Gasteiger partial charge in [0.25, 0.3) is 11.8 Å². The van der Waals surface area contributed by atoms with Crippen LogP contribution in [-0.2, 0) is 9.59 Å². The normalized spacial score (nSPS) is 15.5. The van der Waals surface area contributed by atoms with Crippen LogP contribution in [-0.4, -0.2) is 45.4 Å². The highest BCUT2D eigenvalue weighted by Crippen LogP contribution is 2.28. The highest BCUT2D eigenvalue weighted by Gasteiger charge is 2.41. The average Bonchev–Trinajstić information content (AvgIpc) is 3.09. The molecule has 33 heavy (non-hydrogen) atoms. The average molecular weight is 443 g/mol. The number of aromatic nitrogens is 1. The maximum Gasteiger partial charge on any atom is 0.338 e. The number of amides is 4. The van der Waals surface area contributed by atoms with Gasteiger partial charge in [0.1, 0.15) is 5.57 Å². The molecule has 2 heterocycles. The molecule has 0 aliphatic carbocycles. The summed E-state index contributed by atoms with van der Waals surface area (Å²) in [7, 11) is 1.33. The fourth-order valence-electron chi connectivity index (χ4n) is 3.91. The fourth-order valence-corrected chi connectivity index (χ4v) is 3.91. The molecule has 0 spiro atoms. The van der Waals surface area contributed by atoms with Gasteiger partial charge >= 0.3 is 12.0 Å². The molecule has 8 nitrogen and oxygen atoms in total. The Morgan fingerprint density at radius 3 is 2.21 bits per heavy atom. The molecule has 1 aliphatic rings. The first-order chi connectivity index (χ1) is 15.7. The Bertz CT molecular complexity index is 1340. The number of rotatable bonds is 4. The molecule has 1 fully saturated rings. The topological polar surface area (TPSA) is 99.9 Å². The second-order valence-corrected chi connectivity index (χ2v) is 7.70. The van der Waals surface area contributed by atoms with Gasteiger partial charge in [0, 0.05) is 24.1 Å². The van der Waals surface area contributed by atoms with Crippen LogP contribution in [0.1, 0.15) is 27.3 Å². The number of anilines is 1. The van der Waals surface area contributed by atoms with Crippen molar-refractivity contribution >= 4 is 35.6 Å². The SMILES string of the molecule is Cc1cc(/C=C2\C(=O)N(C)C(=O)N(c3ccccc3)C2=O)c(C)n1-c1cccc(C(=O)O)c1. The number of carboxylic acid groups (broad SMARTS) is 1. The van der Waals surface area contributed by atoms with Gasteiger partial charge in [-0.05, 0) is 61.9 Å². The Balaban J connectivity index is 1.80. The van der Waals surface area contributed by atoms with E-state index in [-0.39, 0.29) is 11.1 Å². The summed E-state index contributed by atoms with van der Waals surface area (Å²) in [5.74, 6) is -2.42. The van der Waals surface area contributed by atoms with Crippen LogP contribution in [0.2, 0.25) is 0 Å². The number of aromatic carboxylic acids is 1. The van der Waals surface area contributed by atoms with E-state index in [0.717, 1.165) is 15.5 Å². The smallest absolute Gasteiger partial charge is 0.338 e. The number of likely N-dealkylation sites (N-methyl/N-ethyl adjacent to an activating group) is 1. The molecule has 166 valence electrons. The zero-order valence-corrected chi connectivity index (χ0v) is 18.3. The van der Waals surface area contributed by atoms with E-state index in [2.05, 4.69) is 0 Å². The Labute approximate surface area is 190 Å². The molecule has 0 saturated carbocycles. The molecule has 0 atom stereocenters. The molecule has 3 aromatic rings. The van der Waals surface area contributed by atoms with E-state index < -0.39 is 23.8 Å². The van der Waals surface area contributed by atoms with Gasteiger partial charge in [0.15, 0.2) is 0 Å². The minimum Gasteiger partial charge on any atom is -0.478 e. The van der Waals surface area contributed by atoms with E-state index in [0.29, 0.717) is 22.6 Å². The second kappa shape index (κ2) is 8.23. The van der Waals surface area contributed by atoms with Crippen molar-refractivity contribution in [3.05, 3.63) is 88.8 Å². The van der Waals surface area contributed by atoms with Gasteiger partial charge in [-0.1, -0.05) is 24.3 Å². The van der Waals surface area contributed by atoms with Gasteiger partial charge in [-0.3, -0.25) is 14.5 Å². The summed E-state index contributed by atoms with van der Waals surface area (Å²) in [4.78, 5) is 52.0. The van der Waals surface area contributed by atoms with E-state index in [9.17, 15) is 24.3 Å². The Hall–Kier alpha value is -4.46. The van der Waals surface area contributed by atoms with Crippen LogP contribution in [0.25, 0.3) is 11.8 Å². The molecule has 1 aromatic heterocycles. The third-order valence-corrected chi connectivity index (χ3v) is 5.58. The van der Waals surface area contributed by atoms with Crippen molar-refractivity contribution in [1.82, 2.24) is 9.47 Å². The summed E-state index contributed by atoms with van der Waals surface area (Å²) >= 11 is 0. The van der Waals surface area contributed by atoms with E-state index in [4.69, 9.17) is 0 Å². The summed E-state index contributed by atoms with van der Waals surface area (Å²) in [6.45, 7) is 3.66. The minimum atomic E-state index is -1.03. The highest BCUT2D eigenvalue weighted by atomic mass is 16.4. The Kier molecular flexibility index (Phi) is 5.43. The lowest BCUT2D eigenvalue weighted by molar-refractivity contribution is -0.128. The summed E-state index contributed by atoms with van der Waals surface area (Å²) < 4.78 is 1.85. The van der Waals surface area contributed by atoms with E-state index >= 15 is 0 Å². The Morgan fingerprint density at radius 2 is 1.55 bits per heavy atom. The number of urea groups is 1. The lowest BCUT2D eigenvalue weighted by atomic mass is 10.1. The molecule has 8 heteroatoms. The fraction of sp³-hybridized carbons (Fsp3) is 0.120. The number of benzene rings is 2. The lowest BCUT2D eigenvalue weighted by Crippen LogP contribution is -2.55. The summed E-state index contributed by atoms with van der Waals surface area (Å²) in [5.41, 5.74) is 3.15. The van der Waals surface area contributed by atoms with E-state index in [1.807, 2.05) is 18.4 Å². The van der Waals surface area contributed by atoms with Gasteiger partial charge in [0.05, 0.1) is 11.3 Å². The monoisotopic (exact) mass is 443 g/mol. The van der Waals surface area contributed by atoms with Crippen molar-refractivity contribution in [3.8, 4) is 5.69 Å². The van der Waals surface area contributed by atoms with Crippen molar-refractivity contribution in [2.75, 3.05) is 11.9 Å². The lowest BCUT2D eigenvalue weighted by Gasteiger charge is -2.31. The number of para-hydroxylation sites is 1. The number of carboxylic acids is 1. The number of nitrogens with zero attached hydrogens (tertiary/aromatic N) is 3. The molecule has 1 saturated heterocycles. The first-order valence-corrected chi connectivity index (χ1v) is 10.2. The molecule has 4 rings (SSSR count). The third-order valence-electron chi connectivity index (χ3n) is 5.58. The molecule has 0 radical (unpaired) electrons. The zero-order chi connectivity index (χ0) is 23.9. The van der Waals surface area contributed by atoms with Crippen LogP contribution in [0.4, 0.5) is 10.5 Å². The number of hydrogen-bond acceptors (Lipinski definition) is 4. The van der Waals surface area contributed by atoms with Gasteiger partial charge < -0.3 is 9.67 Å². The molecule has 0 unspecified atom stereocenters. The largest absolute Gasteiger partial charge is 0.478 e. The predicted molar refractivity (Wildman–Crippen MR) is 122 cm³/mol. The van der Waals surface area contributed by atoms with Crippen LogP contribution in [0.5, 0.6) is 0 Å². The van der Waals surface area contributed by atoms with Gasteiger partial charge in [-0.15, -0.1) is 0 Å². The summed E-state index contributed by atoms with van der Waals surface area (Å²) in [5, 5.41) is 9.31. The highest BCUT2D eigenvalue weighted by molar-refractivity contribution is 6.39. The van der Waals surface area contributed by atoms with Crippen molar-refractivity contribution in [2.45, 2.75) is 13.8 Å². The Morgan fingerprint density at radius 1 is 0.879 bits per heavy atom. The number of barbiturate groups is 1. The second-order valence-electron chi connectivity index (χ2n) is 7.70. The van der Waals surface area contributed by atoms with Crippen LogP contribution in [0.3, 0.4) is 0 Å². The van der Waals surface area contributed by atoms with Crippen LogP contribution >= 0.6 is 0 Å². The summed E-state index contributed by atoms with van der Waals surface area (Å²) in [6, 6.07) is 16.0.